The summed E-state index contributed by atoms with van der Waals surface area (Å²) in [5.74, 6) is 0.0135. The second kappa shape index (κ2) is 5.85. The summed E-state index contributed by atoms with van der Waals surface area (Å²) >= 11 is 0. The largest absolute Gasteiger partial charge is 0.393 e. The average molecular weight is 287 g/mol. The molecule has 21 heavy (non-hydrogen) atoms. The Morgan fingerprint density at radius 2 is 2.05 bits per heavy atom. The molecule has 5 nitrogen and oxygen atoms in total. The van der Waals surface area contributed by atoms with Gasteiger partial charge in [0.1, 0.15) is 6.04 Å². The molecule has 0 spiro atoms. The molecule has 1 amide bonds. The minimum atomic E-state index is -0.288. The number of aliphatic hydroxyl groups is 1. The van der Waals surface area contributed by atoms with Crippen LogP contribution in [0.1, 0.15) is 38.6 Å². The summed E-state index contributed by atoms with van der Waals surface area (Å²) in [4.78, 5) is 16.7. The Kier molecular flexibility index (Phi) is 3.92. The van der Waals surface area contributed by atoms with Gasteiger partial charge < -0.3 is 15.0 Å². The Hall–Kier alpha value is -1.88. The minimum absolute atomic E-state index is 0.0135. The lowest BCUT2D eigenvalue weighted by molar-refractivity contribution is -0.124. The van der Waals surface area contributed by atoms with Gasteiger partial charge in [0.15, 0.2) is 0 Å². The molecule has 1 aromatic carbocycles. The first kappa shape index (κ1) is 14.1. The molecule has 0 saturated heterocycles. The van der Waals surface area contributed by atoms with Crippen molar-refractivity contribution >= 4 is 16.9 Å². The molecule has 1 aliphatic carbocycles. The summed E-state index contributed by atoms with van der Waals surface area (Å²) in [6.45, 7) is 1.89. The number of rotatable bonds is 3. The normalized spacial score (nSPS) is 23.9. The summed E-state index contributed by atoms with van der Waals surface area (Å²) in [5, 5.41) is 12.6. The minimum Gasteiger partial charge on any atom is -0.393 e. The summed E-state index contributed by atoms with van der Waals surface area (Å²) in [5.41, 5.74) is 1.87. The zero-order valence-corrected chi connectivity index (χ0v) is 12.2. The lowest BCUT2D eigenvalue weighted by Gasteiger charge is -2.27. The van der Waals surface area contributed by atoms with Crippen LogP contribution >= 0.6 is 0 Å². The van der Waals surface area contributed by atoms with Crippen molar-refractivity contribution in [2.75, 3.05) is 0 Å². The van der Waals surface area contributed by atoms with E-state index < -0.39 is 0 Å². The third-order valence-corrected chi connectivity index (χ3v) is 4.32. The van der Waals surface area contributed by atoms with Gasteiger partial charge in [-0.1, -0.05) is 12.1 Å². The second-order valence-electron chi connectivity index (χ2n) is 5.83. The van der Waals surface area contributed by atoms with Gasteiger partial charge in [0.25, 0.3) is 0 Å². The van der Waals surface area contributed by atoms with Crippen LogP contribution in [0.2, 0.25) is 0 Å². The quantitative estimate of drug-likeness (QED) is 0.907. The van der Waals surface area contributed by atoms with Crippen LogP contribution in [0.5, 0.6) is 0 Å². The zero-order chi connectivity index (χ0) is 14.8. The number of benzene rings is 1. The van der Waals surface area contributed by atoms with E-state index in [4.69, 9.17) is 0 Å². The van der Waals surface area contributed by atoms with Crippen molar-refractivity contribution in [3.63, 3.8) is 0 Å². The summed E-state index contributed by atoms with van der Waals surface area (Å²) < 4.78 is 1.91. The van der Waals surface area contributed by atoms with E-state index in [1.54, 1.807) is 6.33 Å². The van der Waals surface area contributed by atoms with Crippen molar-refractivity contribution in [1.82, 2.24) is 14.9 Å². The van der Waals surface area contributed by atoms with Gasteiger partial charge in [-0.2, -0.15) is 0 Å². The van der Waals surface area contributed by atoms with Crippen molar-refractivity contribution in [3.8, 4) is 0 Å². The second-order valence-corrected chi connectivity index (χ2v) is 5.83. The van der Waals surface area contributed by atoms with Crippen molar-refractivity contribution < 1.29 is 9.90 Å². The number of fused-ring (bicyclic) bond motifs is 1. The number of hydrogen-bond acceptors (Lipinski definition) is 3. The number of carbonyl (C=O) groups is 1. The highest BCUT2D eigenvalue weighted by Crippen LogP contribution is 2.21. The Labute approximate surface area is 124 Å². The van der Waals surface area contributed by atoms with Gasteiger partial charge in [-0.05, 0) is 44.7 Å². The molecule has 1 aromatic heterocycles. The molecule has 1 aliphatic rings. The highest BCUT2D eigenvalue weighted by molar-refractivity contribution is 5.83. The molecule has 2 N–H and O–H groups in total. The predicted octanol–water partition coefficient (Wildman–Crippen LogP) is 2.02. The molecule has 0 aliphatic heterocycles. The highest BCUT2D eigenvalue weighted by Gasteiger charge is 2.24. The predicted molar refractivity (Wildman–Crippen MR) is 80.8 cm³/mol. The third-order valence-electron chi connectivity index (χ3n) is 4.32. The number of aliphatic hydroxyl groups excluding tert-OH is 1. The summed E-state index contributed by atoms with van der Waals surface area (Å²) in [7, 11) is 0. The van der Waals surface area contributed by atoms with E-state index in [1.807, 2.05) is 35.8 Å². The first-order chi connectivity index (χ1) is 10.1. The summed E-state index contributed by atoms with van der Waals surface area (Å²) in [6.07, 6.45) is 4.77. The van der Waals surface area contributed by atoms with Gasteiger partial charge in [-0.25, -0.2) is 4.98 Å². The number of amides is 1. The number of carbonyl (C=O) groups excluding carboxylic acids is 1. The molecule has 1 unspecified atom stereocenters. The molecule has 2 aromatic rings. The molecule has 3 rings (SSSR count). The molecule has 1 heterocycles. The fourth-order valence-electron chi connectivity index (χ4n) is 2.96. The highest BCUT2D eigenvalue weighted by atomic mass is 16.3. The number of imidazole rings is 1. The van der Waals surface area contributed by atoms with Crippen molar-refractivity contribution in [2.45, 2.75) is 50.8 Å². The first-order valence-electron chi connectivity index (χ1n) is 7.55. The maximum atomic E-state index is 12.4. The van der Waals surface area contributed by atoms with Crippen molar-refractivity contribution in [3.05, 3.63) is 30.6 Å². The molecule has 112 valence electrons. The fraction of sp³-hybridized carbons (Fsp3) is 0.500. The third kappa shape index (κ3) is 2.93. The van der Waals surface area contributed by atoms with Crippen LogP contribution in [0.3, 0.4) is 0 Å². The van der Waals surface area contributed by atoms with E-state index in [1.165, 1.54) is 0 Å². The van der Waals surface area contributed by atoms with E-state index in [-0.39, 0.29) is 24.1 Å². The van der Waals surface area contributed by atoms with Crippen LogP contribution in [-0.2, 0) is 4.79 Å². The lowest BCUT2D eigenvalue weighted by atomic mass is 9.93. The molecule has 0 bridgehead atoms. The number of nitrogens with one attached hydrogen (secondary N) is 1. The Morgan fingerprint density at radius 1 is 1.33 bits per heavy atom. The van der Waals surface area contributed by atoms with E-state index in [9.17, 15) is 9.90 Å². The Morgan fingerprint density at radius 3 is 2.81 bits per heavy atom. The van der Waals surface area contributed by atoms with Crippen molar-refractivity contribution in [1.29, 1.82) is 0 Å². The van der Waals surface area contributed by atoms with Gasteiger partial charge in [0.2, 0.25) is 5.91 Å². The standard InChI is InChI=1S/C16H21N3O2/c1-11(16(21)18-12-6-8-13(20)9-7-12)19-10-17-14-4-2-3-5-15(14)19/h2-5,10-13,20H,6-9H2,1H3,(H,18,21). The van der Waals surface area contributed by atoms with Crippen LogP contribution in [0, 0.1) is 0 Å². The van der Waals surface area contributed by atoms with Crippen LogP contribution in [0.4, 0.5) is 0 Å². The topological polar surface area (TPSA) is 67.2 Å². The van der Waals surface area contributed by atoms with E-state index in [2.05, 4.69) is 10.3 Å². The van der Waals surface area contributed by atoms with E-state index in [0.717, 1.165) is 36.7 Å². The number of para-hydroxylation sites is 2. The maximum absolute atomic E-state index is 12.4. The molecule has 1 fully saturated rings. The van der Waals surface area contributed by atoms with Gasteiger partial charge >= 0.3 is 0 Å². The van der Waals surface area contributed by atoms with E-state index in [0.29, 0.717) is 0 Å². The average Bonchev–Trinajstić information content (AvgIpc) is 2.92. The van der Waals surface area contributed by atoms with Gasteiger partial charge in [-0.3, -0.25) is 4.79 Å². The fourth-order valence-corrected chi connectivity index (χ4v) is 2.96. The van der Waals surface area contributed by atoms with Gasteiger partial charge in [-0.15, -0.1) is 0 Å². The molecular weight excluding hydrogens is 266 g/mol. The van der Waals surface area contributed by atoms with Crippen LogP contribution in [-0.4, -0.2) is 32.7 Å². The molecule has 1 saturated carbocycles. The molecular formula is C16H21N3O2. The van der Waals surface area contributed by atoms with Gasteiger partial charge in [0, 0.05) is 6.04 Å². The first-order valence-corrected chi connectivity index (χ1v) is 7.55. The zero-order valence-electron chi connectivity index (χ0n) is 12.2. The van der Waals surface area contributed by atoms with Crippen LogP contribution in [0.25, 0.3) is 11.0 Å². The number of aromatic nitrogens is 2. The maximum Gasteiger partial charge on any atom is 0.243 e. The summed E-state index contributed by atoms with van der Waals surface area (Å²) in [6, 6.07) is 7.70. The molecule has 1 atom stereocenters. The van der Waals surface area contributed by atoms with E-state index >= 15 is 0 Å². The van der Waals surface area contributed by atoms with Crippen LogP contribution < -0.4 is 5.32 Å². The monoisotopic (exact) mass is 287 g/mol. The Balaban J connectivity index is 1.69. The van der Waals surface area contributed by atoms with Crippen molar-refractivity contribution in [2.24, 2.45) is 0 Å². The number of nitrogens with zero attached hydrogens (tertiary/aromatic N) is 2. The molecule has 5 heteroatoms. The smallest absolute Gasteiger partial charge is 0.243 e. The Bertz CT molecular complexity index is 629. The van der Waals surface area contributed by atoms with Crippen LogP contribution in [0.15, 0.2) is 30.6 Å². The number of hydrogen-bond donors (Lipinski definition) is 2. The SMILES string of the molecule is CC(C(=O)NC1CCC(O)CC1)n1cnc2ccccc21. The molecule has 0 radical (unpaired) electrons. The van der Waals surface area contributed by atoms with Gasteiger partial charge in [0.05, 0.1) is 23.5 Å². The lowest BCUT2D eigenvalue weighted by Crippen LogP contribution is -2.41.